The van der Waals surface area contributed by atoms with Crippen LogP contribution in [0.1, 0.15) is 18.9 Å². The lowest BCUT2D eigenvalue weighted by Gasteiger charge is -2.05. The summed E-state index contributed by atoms with van der Waals surface area (Å²) in [6.45, 7) is 1.32. The van der Waals surface area contributed by atoms with Crippen LogP contribution in [-0.2, 0) is 20.4 Å². The zero-order chi connectivity index (χ0) is 13.1. The van der Waals surface area contributed by atoms with Crippen LogP contribution in [0, 0.1) is 5.82 Å². The Kier molecular flexibility index (Phi) is 4.65. The lowest BCUT2D eigenvalue weighted by Crippen LogP contribution is -2.12. The van der Waals surface area contributed by atoms with Crippen LogP contribution in [0.3, 0.4) is 0 Å². The number of ketones is 1. The molecule has 0 unspecified atom stereocenters. The van der Waals surface area contributed by atoms with Gasteiger partial charge in [-0.1, -0.05) is 17.7 Å². The molecule has 0 radical (unpaired) electrons. The average Bonchev–Trinajstić information content (AvgIpc) is 2.20. The molecule has 0 aliphatic heterocycles. The van der Waals surface area contributed by atoms with Crippen molar-refractivity contribution in [1.29, 1.82) is 0 Å². The predicted octanol–water partition coefficient (Wildman–Crippen LogP) is 2.37. The van der Waals surface area contributed by atoms with Crippen molar-refractivity contribution in [2.75, 3.05) is 5.75 Å². The quantitative estimate of drug-likeness (QED) is 0.831. The SMILES string of the molecule is CC(=O)CCS(=O)(=O)Cc1ccc(Cl)cc1F. The van der Waals surface area contributed by atoms with E-state index in [2.05, 4.69) is 0 Å². The van der Waals surface area contributed by atoms with Crippen LogP contribution < -0.4 is 0 Å². The van der Waals surface area contributed by atoms with Gasteiger partial charge in [0.15, 0.2) is 9.84 Å². The van der Waals surface area contributed by atoms with E-state index in [4.69, 9.17) is 11.6 Å². The summed E-state index contributed by atoms with van der Waals surface area (Å²) in [4.78, 5) is 10.7. The van der Waals surface area contributed by atoms with Crippen molar-refractivity contribution in [3.05, 3.63) is 34.6 Å². The fraction of sp³-hybridized carbons (Fsp3) is 0.364. The molecule has 0 aromatic heterocycles. The summed E-state index contributed by atoms with van der Waals surface area (Å²) >= 11 is 5.56. The zero-order valence-corrected chi connectivity index (χ0v) is 10.8. The second-order valence-corrected chi connectivity index (χ2v) is 6.40. The maximum absolute atomic E-state index is 13.4. The second-order valence-electron chi connectivity index (χ2n) is 3.78. The molecule has 0 heterocycles. The predicted molar refractivity (Wildman–Crippen MR) is 64.2 cm³/mol. The largest absolute Gasteiger partial charge is 0.300 e. The van der Waals surface area contributed by atoms with E-state index in [-0.39, 0.29) is 28.5 Å². The fourth-order valence-corrected chi connectivity index (χ4v) is 2.86. The smallest absolute Gasteiger partial charge is 0.154 e. The summed E-state index contributed by atoms with van der Waals surface area (Å²) < 4.78 is 36.5. The molecule has 0 saturated carbocycles. The van der Waals surface area contributed by atoms with Gasteiger partial charge in [-0.05, 0) is 19.1 Å². The van der Waals surface area contributed by atoms with Gasteiger partial charge < -0.3 is 0 Å². The standard InChI is InChI=1S/C11H12ClFO3S/c1-8(14)4-5-17(15,16)7-9-2-3-10(12)6-11(9)13/h2-3,6H,4-5,7H2,1H3. The number of hydrogen-bond acceptors (Lipinski definition) is 3. The lowest BCUT2D eigenvalue weighted by molar-refractivity contribution is -0.116. The fourth-order valence-electron chi connectivity index (χ4n) is 1.25. The molecule has 1 rings (SSSR count). The number of carbonyl (C=O) groups excluding carboxylic acids is 1. The Labute approximate surface area is 105 Å². The highest BCUT2D eigenvalue weighted by Crippen LogP contribution is 2.17. The molecule has 0 bridgehead atoms. The third-order valence-corrected chi connectivity index (χ3v) is 3.97. The normalized spacial score (nSPS) is 11.5. The van der Waals surface area contributed by atoms with Gasteiger partial charge >= 0.3 is 0 Å². The minimum absolute atomic E-state index is 0.0441. The van der Waals surface area contributed by atoms with Crippen molar-refractivity contribution in [2.45, 2.75) is 19.1 Å². The van der Waals surface area contributed by atoms with Crippen LogP contribution in [0.5, 0.6) is 0 Å². The minimum Gasteiger partial charge on any atom is -0.300 e. The molecule has 0 amide bonds. The number of benzene rings is 1. The van der Waals surface area contributed by atoms with E-state index >= 15 is 0 Å². The van der Waals surface area contributed by atoms with E-state index in [0.29, 0.717) is 0 Å². The van der Waals surface area contributed by atoms with Crippen LogP contribution in [0.15, 0.2) is 18.2 Å². The molecule has 1 aromatic rings. The van der Waals surface area contributed by atoms with E-state index in [0.717, 1.165) is 6.07 Å². The summed E-state index contributed by atoms with van der Waals surface area (Å²) in [5.74, 6) is -1.53. The maximum Gasteiger partial charge on any atom is 0.154 e. The number of halogens is 2. The van der Waals surface area contributed by atoms with Gasteiger partial charge in [0, 0.05) is 17.0 Å². The number of Topliss-reactive ketones (excluding diaryl/α,β-unsaturated/α-hetero) is 1. The van der Waals surface area contributed by atoms with Crippen molar-refractivity contribution in [3.8, 4) is 0 Å². The first kappa shape index (κ1) is 14.1. The summed E-state index contributed by atoms with van der Waals surface area (Å²) in [7, 11) is -3.47. The summed E-state index contributed by atoms with van der Waals surface area (Å²) in [6, 6.07) is 3.83. The summed E-state index contributed by atoms with van der Waals surface area (Å²) in [5, 5.41) is 0.215. The first-order valence-electron chi connectivity index (χ1n) is 4.94. The van der Waals surface area contributed by atoms with Gasteiger partial charge in [-0.3, -0.25) is 4.79 Å². The van der Waals surface area contributed by atoms with E-state index in [1.165, 1.54) is 19.1 Å². The van der Waals surface area contributed by atoms with E-state index in [9.17, 15) is 17.6 Å². The van der Waals surface area contributed by atoms with Gasteiger partial charge in [0.1, 0.15) is 11.6 Å². The monoisotopic (exact) mass is 278 g/mol. The lowest BCUT2D eigenvalue weighted by atomic mass is 10.2. The first-order chi connectivity index (χ1) is 7.80. The topological polar surface area (TPSA) is 51.2 Å². The molecule has 0 atom stereocenters. The Hall–Kier alpha value is -0.940. The summed E-state index contributed by atoms with van der Waals surface area (Å²) in [6.07, 6.45) is -0.0441. The van der Waals surface area contributed by atoms with Crippen molar-refractivity contribution in [3.63, 3.8) is 0 Å². The average molecular weight is 279 g/mol. The van der Waals surface area contributed by atoms with Crippen molar-refractivity contribution in [2.24, 2.45) is 0 Å². The number of rotatable bonds is 5. The van der Waals surface area contributed by atoms with Gasteiger partial charge in [-0.2, -0.15) is 0 Å². The molecule has 0 spiro atoms. The number of hydrogen-bond donors (Lipinski definition) is 0. The van der Waals surface area contributed by atoms with Crippen molar-refractivity contribution < 1.29 is 17.6 Å². The molecule has 94 valence electrons. The highest BCUT2D eigenvalue weighted by molar-refractivity contribution is 7.90. The Balaban J connectivity index is 2.79. The van der Waals surface area contributed by atoms with Crippen LogP contribution in [0.25, 0.3) is 0 Å². The van der Waals surface area contributed by atoms with Crippen LogP contribution in [0.2, 0.25) is 5.02 Å². The van der Waals surface area contributed by atoms with Crippen LogP contribution in [0.4, 0.5) is 4.39 Å². The van der Waals surface area contributed by atoms with Gasteiger partial charge in [0.05, 0.1) is 11.5 Å². The van der Waals surface area contributed by atoms with Crippen LogP contribution >= 0.6 is 11.6 Å². The van der Waals surface area contributed by atoms with E-state index in [1.54, 1.807) is 0 Å². The number of carbonyl (C=O) groups is 1. The maximum atomic E-state index is 13.4. The Morgan fingerprint density at radius 3 is 2.59 bits per heavy atom. The molecular weight excluding hydrogens is 267 g/mol. The summed E-state index contributed by atoms with van der Waals surface area (Å²) in [5.41, 5.74) is 0.0675. The molecular formula is C11H12ClFO3S. The first-order valence-corrected chi connectivity index (χ1v) is 7.14. The van der Waals surface area contributed by atoms with Gasteiger partial charge in [0.2, 0.25) is 0 Å². The Bertz CT molecular complexity index is 526. The zero-order valence-electron chi connectivity index (χ0n) is 9.24. The molecule has 0 aliphatic carbocycles. The third-order valence-electron chi connectivity index (χ3n) is 2.16. The van der Waals surface area contributed by atoms with Crippen molar-refractivity contribution >= 4 is 27.2 Å². The third kappa shape index (κ3) is 4.83. The number of sulfone groups is 1. The van der Waals surface area contributed by atoms with Gasteiger partial charge in [-0.25, -0.2) is 12.8 Å². The van der Waals surface area contributed by atoms with Crippen molar-refractivity contribution in [1.82, 2.24) is 0 Å². The Morgan fingerprint density at radius 1 is 1.41 bits per heavy atom. The molecule has 6 heteroatoms. The molecule has 0 fully saturated rings. The molecule has 0 aliphatic rings. The van der Waals surface area contributed by atoms with Gasteiger partial charge in [-0.15, -0.1) is 0 Å². The minimum atomic E-state index is -3.47. The molecule has 1 aromatic carbocycles. The molecule has 0 saturated heterocycles. The van der Waals surface area contributed by atoms with Gasteiger partial charge in [0.25, 0.3) is 0 Å². The highest BCUT2D eigenvalue weighted by atomic mass is 35.5. The Morgan fingerprint density at radius 2 is 2.06 bits per heavy atom. The molecule has 17 heavy (non-hydrogen) atoms. The second kappa shape index (κ2) is 5.60. The molecule has 3 nitrogen and oxygen atoms in total. The highest BCUT2D eigenvalue weighted by Gasteiger charge is 2.15. The van der Waals surface area contributed by atoms with E-state index < -0.39 is 21.4 Å². The van der Waals surface area contributed by atoms with Crippen LogP contribution in [-0.4, -0.2) is 20.0 Å². The molecule has 0 N–H and O–H groups in total. The van der Waals surface area contributed by atoms with E-state index in [1.807, 2.05) is 0 Å².